The molecule has 2 heteroatoms. The third-order valence-corrected chi connectivity index (χ3v) is 3.93. The molecule has 96 valence electrons. The van der Waals surface area contributed by atoms with E-state index in [9.17, 15) is 0 Å². The summed E-state index contributed by atoms with van der Waals surface area (Å²) >= 11 is 0. The molecule has 0 radical (unpaired) electrons. The van der Waals surface area contributed by atoms with E-state index in [2.05, 4.69) is 33.0 Å². The molecule has 2 unspecified atom stereocenters. The Bertz CT molecular complexity index is 176. The van der Waals surface area contributed by atoms with E-state index in [1.54, 1.807) is 0 Å². The van der Waals surface area contributed by atoms with Gasteiger partial charge in [0, 0.05) is 13.2 Å². The molecular weight excluding hydrogens is 198 g/mol. The van der Waals surface area contributed by atoms with Gasteiger partial charge in [0.05, 0.1) is 0 Å². The monoisotopic (exact) mass is 227 g/mol. The number of nitrogens with one attached hydrogen (secondary N) is 1. The SMILES string of the molecule is CC(C)CNCC(C)C(C)C1CCOCC1. The third-order valence-electron chi connectivity index (χ3n) is 3.93. The first-order valence-corrected chi connectivity index (χ1v) is 6.89. The fourth-order valence-electron chi connectivity index (χ4n) is 2.49. The molecule has 0 aromatic rings. The third kappa shape index (κ3) is 4.84. The Labute approximate surface area is 101 Å². The van der Waals surface area contributed by atoms with Crippen molar-refractivity contribution in [2.75, 3.05) is 26.3 Å². The van der Waals surface area contributed by atoms with Crippen LogP contribution in [0.5, 0.6) is 0 Å². The Balaban J connectivity index is 2.20. The number of rotatable bonds is 6. The summed E-state index contributed by atoms with van der Waals surface area (Å²) < 4.78 is 5.43. The molecule has 2 nitrogen and oxygen atoms in total. The van der Waals surface area contributed by atoms with Crippen LogP contribution < -0.4 is 5.32 Å². The van der Waals surface area contributed by atoms with Gasteiger partial charge in [-0.25, -0.2) is 0 Å². The van der Waals surface area contributed by atoms with Crippen molar-refractivity contribution in [3.8, 4) is 0 Å². The van der Waals surface area contributed by atoms with Crippen LogP contribution in [0.3, 0.4) is 0 Å². The minimum atomic E-state index is 0.755. The molecule has 0 aromatic carbocycles. The molecule has 1 fully saturated rings. The normalized spacial score (nSPS) is 22.3. The summed E-state index contributed by atoms with van der Waals surface area (Å²) in [5.41, 5.74) is 0. The number of hydrogen-bond donors (Lipinski definition) is 1. The van der Waals surface area contributed by atoms with Crippen molar-refractivity contribution >= 4 is 0 Å². The van der Waals surface area contributed by atoms with E-state index in [0.717, 1.165) is 50.0 Å². The van der Waals surface area contributed by atoms with E-state index >= 15 is 0 Å². The molecule has 16 heavy (non-hydrogen) atoms. The molecule has 1 rings (SSSR count). The van der Waals surface area contributed by atoms with Crippen molar-refractivity contribution < 1.29 is 4.74 Å². The molecule has 0 aliphatic carbocycles. The van der Waals surface area contributed by atoms with Gasteiger partial charge in [0.25, 0.3) is 0 Å². The highest BCUT2D eigenvalue weighted by Crippen LogP contribution is 2.28. The molecular formula is C14H29NO. The Hall–Kier alpha value is -0.0800. The van der Waals surface area contributed by atoms with Crippen LogP contribution in [-0.2, 0) is 4.74 Å². The van der Waals surface area contributed by atoms with Crippen LogP contribution in [0, 0.1) is 23.7 Å². The highest BCUT2D eigenvalue weighted by atomic mass is 16.5. The Kier molecular flexibility index (Phi) is 6.37. The summed E-state index contributed by atoms with van der Waals surface area (Å²) in [6, 6.07) is 0. The van der Waals surface area contributed by atoms with E-state index in [-0.39, 0.29) is 0 Å². The average molecular weight is 227 g/mol. The Morgan fingerprint density at radius 1 is 1.06 bits per heavy atom. The van der Waals surface area contributed by atoms with Crippen molar-refractivity contribution in [1.29, 1.82) is 0 Å². The smallest absolute Gasteiger partial charge is 0.0468 e. The van der Waals surface area contributed by atoms with E-state index in [1.165, 1.54) is 12.8 Å². The van der Waals surface area contributed by atoms with Gasteiger partial charge in [-0.1, -0.05) is 27.7 Å². The number of ether oxygens (including phenoxy) is 1. The lowest BCUT2D eigenvalue weighted by Gasteiger charge is -2.32. The summed E-state index contributed by atoms with van der Waals surface area (Å²) in [5.74, 6) is 3.24. The van der Waals surface area contributed by atoms with Crippen LogP contribution >= 0.6 is 0 Å². The number of hydrogen-bond acceptors (Lipinski definition) is 2. The zero-order chi connectivity index (χ0) is 12.0. The van der Waals surface area contributed by atoms with Gasteiger partial charge in [-0.05, 0) is 49.6 Å². The van der Waals surface area contributed by atoms with Crippen molar-refractivity contribution in [3.05, 3.63) is 0 Å². The predicted octanol–water partition coefficient (Wildman–Crippen LogP) is 2.93. The summed E-state index contributed by atoms with van der Waals surface area (Å²) in [6.07, 6.45) is 2.52. The maximum atomic E-state index is 5.43. The summed E-state index contributed by atoms with van der Waals surface area (Å²) in [5, 5.41) is 3.57. The van der Waals surface area contributed by atoms with E-state index in [0.29, 0.717) is 0 Å². The van der Waals surface area contributed by atoms with Gasteiger partial charge in [0.1, 0.15) is 0 Å². The average Bonchev–Trinajstić information content (AvgIpc) is 2.28. The minimum absolute atomic E-state index is 0.755. The quantitative estimate of drug-likeness (QED) is 0.753. The van der Waals surface area contributed by atoms with Crippen molar-refractivity contribution in [3.63, 3.8) is 0 Å². The van der Waals surface area contributed by atoms with Gasteiger partial charge in [-0.2, -0.15) is 0 Å². The van der Waals surface area contributed by atoms with Crippen molar-refractivity contribution in [2.45, 2.75) is 40.5 Å². The fraction of sp³-hybridized carbons (Fsp3) is 1.00. The lowest BCUT2D eigenvalue weighted by Crippen LogP contribution is -2.33. The zero-order valence-electron chi connectivity index (χ0n) is 11.5. The second-order valence-corrected chi connectivity index (χ2v) is 5.84. The summed E-state index contributed by atoms with van der Waals surface area (Å²) in [7, 11) is 0. The van der Waals surface area contributed by atoms with Crippen molar-refractivity contribution in [1.82, 2.24) is 5.32 Å². The molecule has 0 spiro atoms. The van der Waals surface area contributed by atoms with Crippen molar-refractivity contribution in [2.24, 2.45) is 23.7 Å². The van der Waals surface area contributed by atoms with Gasteiger partial charge >= 0.3 is 0 Å². The first-order chi connectivity index (χ1) is 7.61. The molecule has 0 aromatic heterocycles. The van der Waals surface area contributed by atoms with Crippen LogP contribution in [0.4, 0.5) is 0 Å². The Morgan fingerprint density at radius 2 is 1.69 bits per heavy atom. The molecule has 1 saturated heterocycles. The molecule has 1 aliphatic rings. The molecule has 0 bridgehead atoms. The van der Waals surface area contributed by atoms with Crippen LogP contribution in [0.1, 0.15) is 40.5 Å². The second kappa shape index (κ2) is 7.29. The first-order valence-electron chi connectivity index (χ1n) is 6.89. The topological polar surface area (TPSA) is 21.3 Å². The van der Waals surface area contributed by atoms with E-state index < -0.39 is 0 Å². The molecule has 2 atom stereocenters. The van der Waals surface area contributed by atoms with Gasteiger partial charge < -0.3 is 10.1 Å². The standard InChI is InChI=1S/C14H29NO/c1-11(2)9-15-10-12(3)13(4)14-5-7-16-8-6-14/h11-15H,5-10H2,1-4H3. The molecule has 1 N–H and O–H groups in total. The highest BCUT2D eigenvalue weighted by Gasteiger charge is 2.24. The largest absolute Gasteiger partial charge is 0.381 e. The maximum Gasteiger partial charge on any atom is 0.0468 e. The van der Waals surface area contributed by atoms with Crippen LogP contribution in [0.2, 0.25) is 0 Å². The predicted molar refractivity (Wildman–Crippen MR) is 69.6 cm³/mol. The van der Waals surface area contributed by atoms with Gasteiger partial charge in [-0.15, -0.1) is 0 Å². The molecule has 1 heterocycles. The van der Waals surface area contributed by atoms with Gasteiger partial charge in [0.15, 0.2) is 0 Å². The summed E-state index contributed by atoms with van der Waals surface area (Å²) in [4.78, 5) is 0. The molecule has 1 aliphatic heterocycles. The summed E-state index contributed by atoms with van der Waals surface area (Å²) in [6.45, 7) is 13.6. The maximum absolute atomic E-state index is 5.43. The van der Waals surface area contributed by atoms with Crippen LogP contribution in [0.25, 0.3) is 0 Å². The molecule has 0 amide bonds. The second-order valence-electron chi connectivity index (χ2n) is 5.84. The Morgan fingerprint density at radius 3 is 2.25 bits per heavy atom. The van der Waals surface area contributed by atoms with Gasteiger partial charge in [0.2, 0.25) is 0 Å². The fourth-order valence-corrected chi connectivity index (χ4v) is 2.49. The molecule has 0 saturated carbocycles. The lowest BCUT2D eigenvalue weighted by atomic mass is 9.79. The van der Waals surface area contributed by atoms with Gasteiger partial charge in [-0.3, -0.25) is 0 Å². The first kappa shape index (κ1) is 14.0. The highest BCUT2D eigenvalue weighted by molar-refractivity contribution is 4.75. The minimum Gasteiger partial charge on any atom is -0.381 e. The van der Waals surface area contributed by atoms with E-state index in [4.69, 9.17) is 4.74 Å². The lowest BCUT2D eigenvalue weighted by molar-refractivity contribution is 0.0397. The van der Waals surface area contributed by atoms with Crippen LogP contribution in [0.15, 0.2) is 0 Å². The van der Waals surface area contributed by atoms with Crippen LogP contribution in [-0.4, -0.2) is 26.3 Å². The van der Waals surface area contributed by atoms with E-state index in [1.807, 2.05) is 0 Å². The zero-order valence-corrected chi connectivity index (χ0v) is 11.5.